The van der Waals surface area contributed by atoms with Gasteiger partial charge in [0.2, 0.25) is 0 Å². The van der Waals surface area contributed by atoms with Gasteiger partial charge in [-0.15, -0.1) is 0 Å². The number of rotatable bonds is 9. The first-order chi connectivity index (χ1) is 18.5. The van der Waals surface area contributed by atoms with E-state index >= 15 is 0 Å². The zero-order chi connectivity index (χ0) is 26.6. The maximum atomic E-state index is 6.65. The van der Waals surface area contributed by atoms with Crippen LogP contribution in [0.1, 0.15) is 40.3 Å². The molecular formula is C29H30ClN5O2S. The van der Waals surface area contributed by atoms with Crippen molar-refractivity contribution in [3.63, 3.8) is 0 Å². The second-order valence-corrected chi connectivity index (χ2v) is 10.0. The van der Waals surface area contributed by atoms with Crippen LogP contribution in [0.15, 0.2) is 73.2 Å². The summed E-state index contributed by atoms with van der Waals surface area (Å²) in [6.07, 6.45) is 5.47. The monoisotopic (exact) mass is 547 g/mol. The largest absolute Gasteiger partial charge is 0.490 e. The molecule has 0 amide bonds. The molecule has 1 saturated heterocycles. The van der Waals surface area contributed by atoms with E-state index in [1.165, 1.54) is 22.5 Å². The third-order valence-electron chi connectivity index (χ3n) is 6.86. The van der Waals surface area contributed by atoms with Gasteiger partial charge < -0.3 is 24.3 Å². The highest BCUT2D eigenvalue weighted by Crippen LogP contribution is 2.44. The van der Waals surface area contributed by atoms with Crippen LogP contribution in [0.2, 0.25) is 5.02 Å². The average Bonchev–Trinajstić information content (AvgIpc) is 3.41. The number of halogens is 1. The first kappa shape index (κ1) is 26.2. The molecule has 3 aromatic heterocycles. The van der Waals surface area contributed by atoms with Crippen LogP contribution >= 0.6 is 23.8 Å². The molecule has 196 valence electrons. The van der Waals surface area contributed by atoms with Gasteiger partial charge in [0.1, 0.15) is 12.4 Å². The smallest absolute Gasteiger partial charge is 0.174 e. The molecule has 2 atom stereocenters. The first-order valence-electron chi connectivity index (χ1n) is 12.5. The van der Waals surface area contributed by atoms with Gasteiger partial charge in [-0.2, -0.15) is 0 Å². The Morgan fingerprint density at radius 3 is 2.55 bits per heavy atom. The number of nitrogens with zero attached hydrogens (tertiary/aromatic N) is 4. The molecule has 4 heterocycles. The number of hydrogen-bond acceptors (Lipinski definition) is 5. The quantitative estimate of drug-likeness (QED) is 0.210. The zero-order valence-electron chi connectivity index (χ0n) is 21.6. The number of aryl methyl sites for hydroxylation is 1. The molecular weight excluding hydrogens is 518 g/mol. The maximum Gasteiger partial charge on any atom is 0.174 e. The topological polar surface area (TPSA) is 64.4 Å². The SMILES string of the molecule is COCCOc1ccc(N2C(=S)N[C@@H](c3ccccn3)[C@@H]2c2cc(C)n(Cc3ccncc3)c2C)cc1Cl. The summed E-state index contributed by atoms with van der Waals surface area (Å²) >= 11 is 12.6. The fourth-order valence-electron chi connectivity index (χ4n) is 4.98. The van der Waals surface area contributed by atoms with E-state index in [9.17, 15) is 0 Å². The Morgan fingerprint density at radius 1 is 1.03 bits per heavy atom. The van der Waals surface area contributed by atoms with E-state index in [-0.39, 0.29) is 12.1 Å². The van der Waals surface area contributed by atoms with Crippen LogP contribution in [0.5, 0.6) is 5.75 Å². The first-order valence-corrected chi connectivity index (χ1v) is 13.2. The van der Waals surface area contributed by atoms with Crippen molar-refractivity contribution in [3.05, 3.63) is 106 Å². The van der Waals surface area contributed by atoms with Crippen LogP contribution in [0.3, 0.4) is 0 Å². The number of thiocarbonyl (C=S) groups is 1. The molecule has 0 aliphatic carbocycles. The van der Waals surface area contributed by atoms with Gasteiger partial charge in [0.25, 0.3) is 0 Å². The van der Waals surface area contributed by atoms with Gasteiger partial charge in [0.05, 0.1) is 29.4 Å². The van der Waals surface area contributed by atoms with Crippen molar-refractivity contribution < 1.29 is 9.47 Å². The summed E-state index contributed by atoms with van der Waals surface area (Å²) in [6, 6.07) is 17.8. The molecule has 0 unspecified atom stereocenters. The Hall–Kier alpha value is -3.46. The minimum absolute atomic E-state index is 0.133. The number of methoxy groups -OCH3 is 1. The van der Waals surface area contributed by atoms with E-state index in [1.807, 2.05) is 67.1 Å². The molecule has 1 aliphatic rings. The lowest BCUT2D eigenvalue weighted by molar-refractivity contribution is 0.146. The molecule has 0 spiro atoms. The second kappa shape index (κ2) is 11.5. The molecule has 1 N–H and O–H groups in total. The lowest BCUT2D eigenvalue weighted by Gasteiger charge is -2.28. The van der Waals surface area contributed by atoms with Gasteiger partial charge >= 0.3 is 0 Å². The molecule has 9 heteroatoms. The average molecular weight is 548 g/mol. The summed E-state index contributed by atoms with van der Waals surface area (Å²) in [6.45, 7) is 5.98. The minimum Gasteiger partial charge on any atom is -0.490 e. The summed E-state index contributed by atoms with van der Waals surface area (Å²) in [5, 5.41) is 4.67. The molecule has 0 saturated carbocycles. The minimum atomic E-state index is -0.144. The van der Waals surface area contributed by atoms with E-state index in [0.717, 1.165) is 17.9 Å². The lowest BCUT2D eigenvalue weighted by Crippen LogP contribution is -2.29. The molecule has 1 fully saturated rings. The van der Waals surface area contributed by atoms with Crippen LogP contribution in [0.4, 0.5) is 5.69 Å². The van der Waals surface area contributed by atoms with E-state index in [0.29, 0.717) is 29.1 Å². The van der Waals surface area contributed by atoms with Gasteiger partial charge in [-0.25, -0.2) is 0 Å². The van der Waals surface area contributed by atoms with Crippen LogP contribution in [-0.4, -0.2) is 40.0 Å². The van der Waals surface area contributed by atoms with Gasteiger partial charge in [-0.1, -0.05) is 17.7 Å². The zero-order valence-corrected chi connectivity index (χ0v) is 23.2. The Bertz CT molecular complexity index is 1410. The highest BCUT2D eigenvalue weighted by Gasteiger charge is 2.42. The van der Waals surface area contributed by atoms with E-state index in [2.05, 4.69) is 44.7 Å². The van der Waals surface area contributed by atoms with Crippen LogP contribution < -0.4 is 15.0 Å². The summed E-state index contributed by atoms with van der Waals surface area (Å²) in [4.78, 5) is 11.0. The second-order valence-electron chi connectivity index (χ2n) is 9.22. The van der Waals surface area contributed by atoms with Crippen molar-refractivity contribution >= 4 is 34.6 Å². The molecule has 4 aromatic rings. The molecule has 0 bridgehead atoms. The standard InChI is InChI=1S/C29H30ClN5O2S/c1-19-16-23(20(2)34(19)18-21-9-12-31-13-10-21)28-27(25-6-4-5-11-32-25)33-29(38)35(28)22-7-8-26(24(30)17-22)37-15-14-36-3/h4-13,16-17,27-28H,14-15,18H2,1-3H3,(H,33,38)/t27-,28-/m0/s1. The molecule has 7 nitrogen and oxygen atoms in total. The van der Waals surface area contributed by atoms with Crippen LogP contribution in [0.25, 0.3) is 0 Å². The van der Waals surface area contributed by atoms with Crippen molar-refractivity contribution in [1.29, 1.82) is 0 Å². The predicted molar refractivity (Wildman–Crippen MR) is 154 cm³/mol. The normalized spacial score (nSPS) is 17.1. The van der Waals surface area contributed by atoms with Crippen LogP contribution in [0, 0.1) is 13.8 Å². The summed E-state index contributed by atoms with van der Waals surface area (Å²) in [5.74, 6) is 0.610. The van der Waals surface area contributed by atoms with Gasteiger partial charge in [0, 0.05) is 49.3 Å². The van der Waals surface area contributed by atoms with E-state index < -0.39 is 0 Å². The Labute approximate surface area is 233 Å². The molecule has 38 heavy (non-hydrogen) atoms. The number of ether oxygens (including phenoxy) is 2. The molecule has 5 rings (SSSR count). The maximum absolute atomic E-state index is 6.65. The summed E-state index contributed by atoms with van der Waals surface area (Å²) < 4.78 is 13.2. The third kappa shape index (κ3) is 5.25. The Kier molecular flexibility index (Phi) is 7.93. The molecule has 1 aliphatic heterocycles. The van der Waals surface area contributed by atoms with Crippen molar-refractivity contribution in [1.82, 2.24) is 19.9 Å². The number of anilines is 1. The third-order valence-corrected chi connectivity index (χ3v) is 7.47. The molecule has 0 radical (unpaired) electrons. The predicted octanol–water partition coefficient (Wildman–Crippen LogP) is 5.80. The number of pyridine rings is 2. The Balaban J connectivity index is 1.56. The fraction of sp³-hybridized carbons (Fsp3) is 0.276. The number of nitrogens with one attached hydrogen (secondary N) is 1. The van der Waals surface area contributed by atoms with Crippen molar-refractivity contribution in [2.24, 2.45) is 0 Å². The Morgan fingerprint density at radius 2 is 1.84 bits per heavy atom. The number of benzene rings is 1. The molecule has 1 aromatic carbocycles. The number of hydrogen-bond donors (Lipinski definition) is 1. The summed E-state index contributed by atoms with van der Waals surface area (Å²) in [5.41, 5.74) is 6.53. The highest BCUT2D eigenvalue weighted by atomic mass is 35.5. The van der Waals surface area contributed by atoms with Crippen molar-refractivity contribution in [2.45, 2.75) is 32.5 Å². The van der Waals surface area contributed by atoms with Gasteiger partial charge in [-0.3, -0.25) is 9.97 Å². The van der Waals surface area contributed by atoms with Crippen molar-refractivity contribution in [2.75, 3.05) is 25.2 Å². The number of aromatic nitrogens is 3. The summed E-state index contributed by atoms with van der Waals surface area (Å²) in [7, 11) is 1.64. The highest BCUT2D eigenvalue weighted by molar-refractivity contribution is 7.80. The van der Waals surface area contributed by atoms with Crippen LogP contribution in [-0.2, 0) is 11.3 Å². The van der Waals surface area contributed by atoms with E-state index in [4.69, 9.17) is 33.3 Å². The van der Waals surface area contributed by atoms with Gasteiger partial charge in [-0.05, 0) is 85.7 Å². The van der Waals surface area contributed by atoms with Gasteiger partial charge in [0.15, 0.2) is 5.11 Å². The van der Waals surface area contributed by atoms with Crippen molar-refractivity contribution in [3.8, 4) is 5.75 Å². The lowest BCUT2D eigenvalue weighted by atomic mass is 9.96. The fourth-order valence-corrected chi connectivity index (χ4v) is 5.56. The van der Waals surface area contributed by atoms with E-state index in [1.54, 1.807) is 7.11 Å².